The molecule has 1 rings (SSSR count). The van der Waals surface area contributed by atoms with E-state index < -0.39 is 0 Å². The smallest absolute Gasteiger partial charge is 0.0478 e. The molecule has 0 heterocycles. The SMILES string of the molecule is CCCCCCCOCCCNCc1ccccc1. The van der Waals surface area contributed by atoms with Gasteiger partial charge in [0.15, 0.2) is 0 Å². The summed E-state index contributed by atoms with van der Waals surface area (Å²) in [5.41, 5.74) is 1.35. The van der Waals surface area contributed by atoms with Gasteiger partial charge in [0.1, 0.15) is 0 Å². The predicted molar refractivity (Wildman–Crippen MR) is 82.3 cm³/mol. The van der Waals surface area contributed by atoms with Crippen molar-refractivity contribution in [3.8, 4) is 0 Å². The Morgan fingerprint density at radius 3 is 2.42 bits per heavy atom. The normalized spacial score (nSPS) is 10.8. The van der Waals surface area contributed by atoms with Crippen LogP contribution in [-0.2, 0) is 11.3 Å². The minimum atomic E-state index is 0.884. The van der Waals surface area contributed by atoms with Crippen LogP contribution in [0, 0.1) is 0 Å². The van der Waals surface area contributed by atoms with E-state index in [9.17, 15) is 0 Å². The van der Waals surface area contributed by atoms with Gasteiger partial charge in [0.2, 0.25) is 0 Å². The third kappa shape index (κ3) is 9.69. The summed E-state index contributed by atoms with van der Waals surface area (Å²) in [6, 6.07) is 10.5. The van der Waals surface area contributed by atoms with Crippen LogP contribution in [0.25, 0.3) is 0 Å². The van der Waals surface area contributed by atoms with Crippen molar-refractivity contribution < 1.29 is 4.74 Å². The van der Waals surface area contributed by atoms with Gasteiger partial charge in [-0.2, -0.15) is 0 Å². The van der Waals surface area contributed by atoms with Crippen LogP contribution in [0.1, 0.15) is 51.0 Å². The number of hydrogen-bond acceptors (Lipinski definition) is 2. The second-order valence-corrected chi connectivity index (χ2v) is 5.04. The Labute approximate surface area is 118 Å². The highest BCUT2D eigenvalue weighted by Crippen LogP contribution is 2.02. The zero-order chi connectivity index (χ0) is 13.6. The van der Waals surface area contributed by atoms with Crippen molar-refractivity contribution in [1.29, 1.82) is 0 Å². The first-order valence-electron chi connectivity index (χ1n) is 7.76. The third-order valence-electron chi connectivity index (χ3n) is 3.21. The molecule has 2 nitrogen and oxygen atoms in total. The fourth-order valence-corrected chi connectivity index (χ4v) is 2.04. The lowest BCUT2D eigenvalue weighted by Crippen LogP contribution is -2.16. The number of nitrogens with one attached hydrogen (secondary N) is 1. The second kappa shape index (κ2) is 12.2. The first-order valence-corrected chi connectivity index (χ1v) is 7.76. The Kier molecular flexibility index (Phi) is 10.4. The summed E-state index contributed by atoms with van der Waals surface area (Å²) < 4.78 is 5.63. The highest BCUT2D eigenvalue weighted by molar-refractivity contribution is 5.14. The maximum Gasteiger partial charge on any atom is 0.0478 e. The summed E-state index contributed by atoms with van der Waals surface area (Å²) in [7, 11) is 0. The molecule has 0 aromatic heterocycles. The lowest BCUT2D eigenvalue weighted by molar-refractivity contribution is 0.127. The largest absolute Gasteiger partial charge is 0.381 e. The minimum Gasteiger partial charge on any atom is -0.381 e. The Balaban J connectivity index is 1.79. The molecule has 0 aliphatic heterocycles. The standard InChI is InChI=1S/C17H29NO/c1-2-3-4-5-9-14-19-15-10-13-18-16-17-11-7-6-8-12-17/h6-8,11-12,18H,2-5,9-10,13-16H2,1H3. The van der Waals surface area contributed by atoms with Gasteiger partial charge < -0.3 is 10.1 Å². The monoisotopic (exact) mass is 263 g/mol. The van der Waals surface area contributed by atoms with Crippen LogP contribution in [0.3, 0.4) is 0 Å². The van der Waals surface area contributed by atoms with Gasteiger partial charge >= 0.3 is 0 Å². The summed E-state index contributed by atoms with van der Waals surface area (Å²) in [6.45, 7) is 6.06. The highest BCUT2D eigenvalue weighted by atomic mass is 16.5. The van der Waals surface area contributed by atoms with E-state index in [0.29, 0.717) is 0 Å². The van der Waals surface area contributed by atoms with Gasteiger partial charge in [-0.1, -0.05) is 62.9 Å². The third-order valence-corrected chi connectivity index (χ3v) is 3.21. The van der Waals surface area contributed by atoms with E-state index in [1.54, 1.807) is 0 Å². The topological polar surface area (TPSA) is 21.3 Å². The molecule has 0 radical (unpaired) electrons. The molecule has 0 amide bonds. The molecule has 0 unspecified atom stereocenters. The highest BCUT2D eigenvalue weighted by Gasteiger charge is 1.93. The van der Waals surface area contributed by atoms with Gasteiger partial charge in [-0.15, -0.1) is 0 Å². The molecular formula is C17H29NO. The van der Waals surface area contributed by atoms with E-state index >= 15 is 0 Å². The van der Waals surface area contributed by atoms with Crippen molar-refractivity contribution in [2.45, 2.75) is 52.0 Å². The summed E-state index contributed by atoms with van der Waals surface area (Å²) >= 11 is 0. The Hall–Kier alpha value is -0.860. The molecule has 1 N–H and O–H groups in total. The molecule has 108 valence electrons. The molecule has 0 saturated heterocycles. The Bertz CT molecular complexity index is 287. The molecule has 2 heteroatoms. The fraction of sp³-hybridized carbons (Fsp3) is 0.647. The van der Waals surface area contributed by atoms with Gasteiger partial charge in [0.25, 0.3) is 0 Å². The first-order chi connectivity index (χ1) is 9.43. The van der Waals surface area contributed by atoms with Crippen molar-refractivity contribution in [3.63, 3.8) is 0 Å². The van der Waals surface area contributed by atoms with Crippen LogP contribution in [0.15, 0.2) is 30.3 Å². The van der Waals surface area contributed by atoms with Crippen LogP contribution < -0.4 is 5.32 Å². The number of hydrogen-bond donors (Lipinski definition) is 1. The quantitative estimate of drug-likeness (QED) is 0.572. The molecule has 0 bridgehead atoms. The molecule has 0 spiro atoms. The van der Waals surface area contributed by atoms with Gasteiger partial charge in [-0.25, -0.2) is 0 Å². The van der Waals surface area contributed by atoms with Gasteiger partial charge in [-0.3, -0.25) is 0 Å². The van der Waals surface area contributed by atoms with Crippen LogP contribution >= 0.6 is 0 Å². The maximum atomic E-state index is 5.63. The number of benzene rings is 1. The van der Waals surface area contributed by atoms with E-state index in [4.69, 9.17) is 4.74 Å². The second-order valence-electron chi connectivity index (χ2n) is 5.04. The number of ether oxygens (including phenoxy) is 1. The molecular weight excluding hydrogens is 234 g/mol. The molecule has 19 heavy (non-hydrogen) atoms. The molecule has 1 aromatic carbocycles. The van der Waals surface area contributed by atoms with Crippen molar-refractivity contribution in [2.24, 2.45) is 0 Å². The van der Waals surface area contributed by atoms with Crippen molar-refractivity contribution >= 4 is 0 Å². The molecule has 0 aliphatic carbocycles. The van der Waals surface area contributed by atoms with Crippen molar-refractivity contribution in [1.82, 2.24) is 5.32 Å². The Morgan fingerprint density at radius 1 is 0.895 bits per heavy atom. The van der Waals surface area contributed by atoms with E-state index in [-0.39, 0.29) is 0 Å². The lowest BCUT2D eigenvalue weighted by Gasteiger charge is -2.06. The van der Waals surface area contributed by atoms with Gasteiger partial charge in [-0.05, 0) is 24.9 Å². The first kappa shape index (κ1) is 16.2. The van der Waals surface area contributed by atoms with Gasteiger partial charge in [0.05, 0.1) is 0 Å². The van der Waals surface area contributed by atoms with E-state index in [1.165, 1.54) is 37.7 Å². The zero-order valence-corrected chi connectivity index (χ0v) is 12.4. The predicted octanol–water partition coefficient (Wildman–Crippen LogP) is 4.15. The molecule has 0 aliphatic rings. The summed E-state index contributed by atoms with van der Waals surface area (Å²) in [6.07, 6.45) is 7.68. The van der Waals surface area contributed by atoms with Gasteiger partial charge in [0, 0.05) is 19.8 Å². The average molecular weight is 263 g/mol. The van der Waals surface area contributed by atoms with E-state index in [1.807, 2.05) is 0 Å². The van der Waals surface area contributed by atoms with Crippen molar-refractivity contribution in [3.05, 3.63) is 35.9 Å². The average Bonchev–Trinajstić information content (AvgIpc) is 2.46. The lowest BCUT2D eigenvalue weighted by atomic mass is 10.2. The molecule has 0 atom stereocenters. The fourth-order valence-electron chi connectivity index (χ4n) is 2.04. The van der Waals surface area contributed by atoms with E-state index in [2.05, 4.69) is 42.6 Å². The summed E-state index contributed by atoms with van der Waals surface area (Å²) in [4.78, 5) is 0. The van der Waals surface area contributed by atoms with Crippen molar-refractivity contribution in [2.75, 3.05) is 19.8 Å². The molecule has 0 fully saturated rings. The Morgan fingerprint density at radius 2 is 1.63 bits per heavy atom. The number of unbranched alkanes of at least 4 members (excludes halogenated alkanes) is 4. The minimum absolute atomic E-state index is 0.884. The molecule has 1 aromatic rings. The maximum absolute atomic E-state index is 5.63. The molecule has 0 saturated carbocycles. The summed E-state index contributed by atoms with van der Waals surface area (Å²) in [5, 5.41) is 3.44. The summed E-state index contributed by atoms with van der Waals surface area (Å²) in [5.74, 6) is 0. The number of rotatable bonds is 12. The zero-order valence-electron chi connectivity index (χ0n) is 12.4. The van der Waals surface area contributed by atoms with Crippen LogP contribution in [-0.4, -0.2) is 19.8 Å². The van der Waals surface area contributed by atoms with E-state index in [0.717, 1.165) is 32.7 Å². The van der Waals surface area contributed by atoms with Crippen LogP contribution in [0.4, 0.5) is 0 Å². The van der Waals surface area contributed by atoms with Crippen LogP contribution in [0.2, 0.25) is 0 Å². The van der Waals surface area contributed by atoms with Crippen LogP contribution in [0.5, 0.6) is 0 Å².